The number of hydrogen-bond donors (Lipinski definition) is 1. The van der Waals surface area contributed by atoms with Gasteiger partial charge in [-0.2, -0.15) is 0 Å². The molecule has 0 saturated carbocycles. The molecule has 0 spiro atoms. The van der Waals surface area contributed by atoms with Crippen LogP contribution < -0.4 is 10.1 Å². The van der Waals surface area contributed by atoms with Crippen LogP contribution in [0, 0.1) is 0 Å². The molecule has 156 valence electrons. The Kier molecular flexibility index (Phi) is 6.88. The first-order chi connectivity index (χ1) is 15.0. The Labute approximate surface area is 198 Å². The fraction of sp³-hybridized carbons (Fsp3) is 0.0435. The van der Waals surface area contributed by atoms with E-state index < -0.39 is 0 Å². The molecule has 3 aromatic rings. The first-order valence-corrected chi connectivity index (χ1v) is 11.1. The predicted molar refractivity (Wildman–Crippen MR) is 129 cm³/mol. The van der Waals surface area contributed by atoms with E-state index in [9.17, 15) is 4.79 Å². The molecular weight excluding hydrogens is 475 g/mol. The Morgan fingerprint density at radius 3 is 2.48 bits per heavy atom. The van der Waals surface area contributed by atoms with Crippen molar-refractivity contribution >= 4 is 69.4 Å². The van der Waals surface area contributed by atoms with Crippen molar-refractivity contribution in [3.05, 3.63) is 97.8 Å². The van der Waals surface area contributed by atoms with E-state index in [0.717, 1.165) is 11.1 Å². The van der Waals surface area contributed by atoms with Crippen LogP contribution in [0.25, 0.3) is 6.08 Å². The van der Waals surface area contributed by atoms with Gasteiger partial charge in [0.2, 0.25) is 0 Å². The van der Waals surface area contributed by atoms with E-state index in [1.165, 1.54) is 11.8 Å². The van der Waals surface area contributed by atoms with Crippen LogP contribution in [0.2, 0.25) is 15.1 Å². The zero-order valence-electron chi connectivity index (χ0n) is 15.9. The maximum Gasteiger partial charge on any atom is 0.264 e. The second-order valence-corrected chi connectivity index (χ2v) is 8.81. The molecule has 3 aromatic carbocycles. The molecule has 1 saturated heterocycles. The highest BCUT2D eigenvalue weighted by Crippen LogP contribution is 2.31. The Bertz CT molecular complexity index is 1190. The third kappa shape index (κ3) is 5.63. The summed E-state index contributed by atoms with van der Waals surface area (Å²) >= 11 is 19.7. The third-order valence-electron chi connectivity index (χ3n) is 4.30. The van der Waals surface area contributed by atoms with Crippen molar-refractivity contribution in [3.63, 3.8) is 0 Å². The highest BCUT2D eigenvalue weighted by Gasteiger charge is 2.23. The summed E-state index contributed by atoms with van der Waals surface area (Å²) in [7, 11) is 0. The molecule has 0 radical (unpaired) electrons. The average molecular weight is 490 g/mol. The molecule has 1 fully saturated rings. The van der Waals surface area contributed by atoms with Gasteiger partial charge in [0.05, 0.1) is 15.6 Å². The molecule has 4 rings (SSSR count). The number of nitrogens with zero attached hydrogens (tertiary/aromatic N) is 1. The van der Waals surface area contributed by atoms with Gasteiger partial charge in [0.25, 0.3) is 5.91 Å². The van der Waals surface area contributed by atoms with E-state index in [1.807, 2.05) is 30.3 Å². The number of amides is 1. The molecule has 0 atom stereocenters. The van der Waals surface area contributed by atoms with Crippen molar-refractivity contribution in [2.45, 2.75) is 6.61 Å². The van der Waals surface area contributed by atoms with Crippen LogP contribution in [-0.4, -0.2) is 11.1 Å². The quantitative estimate of drug-likeness (QED) is 0.388. The Balaban J connectivity index is 1.46. The van der Waals surface area contributed by atoms with Gasteiger partial charge in [0.15, 0.2) is 5.17 Å². The fourth-order valence-corrected chi connectivity index (χ4v) is 4.16. The molecule has 4 nitrogen and oxygen atoms in total. The monoisotopic (exact) mass is 488 g/mol. The Morgan fingerprint density at radius 1 is 0.968 bits per heavy atom. The molecule has 0 aromatic heterocycles. The zero-order valence-corrected chi connectivity index (χ0v) is 19.0. The lowest BCUT2D eigenvalue weighted by atomic mass is 10.2. The molecule has 1 aliphatic rings. The van der Waals surface area contributed by atoms with Crippen LogP contribution in [0.5, 0.6) is 5.75 Å². The zero-order chi connectivity index (χ0) is 21.8. The van der Waals surface area contributed by atoms with E-state index in [-0.39, 0.29) is 5.91 Å². The molecule has 0 bridgehead atoms. The van der Waals surface area contributed by atoms with Gasteiger partial charge in [0.1, 0.15) is 12.4 Å². The summed E-state index contributed by atoms with van der Waals surface area (Å²) in [6.07, 6.45) is 1.76. The number of thioether (sulfide) groups is 1. The summed E-state index contributed by atoms with van der Waals surface area (Å²) in [5, 5.41) is 4.98. The lowest BCUT2D eigenvalue weighted by Gasteiger charge is -2.10. The van der Waals surface area contributed by atoms with Crippen LogP contribution >= 0.6 is 46.6 Å². The van der Waals surface area contributed by atoms with Gasteiger partial charge in [-0.1, -0.05) is 59.1 Å². The summed E-state index contributed by atoms with van der Waals surface area (Å²) in [6, 6.07) is 19.9. The summed E-state index contributed by atoms with van der Waals surface area (Å²) in [4.78, 5) is 17.3. The van der Waals surface area contributed by atoms with Crippen LogP contribution in [0.1, 0.15) is 11.1 Å². The highest BCUT2D eigenvalue weighted by molar-refractivity contribution is 8.18. The number of nitrogens with one attached hydrogen (secondary N) is 1. The van der Waals surface area contributed by atoms with Crippen molar-refractivity contribution in [3.8, 4) is 5.75 Å². The molecule has 1 amide bonds. The molecule has 31 heavy (non-hydrogen) atoms. The largest absolute Gasteiger partial charge is 0.487 e. The summed E-state index contributed by atoms with van der Waals surface area (Å²) in [5.74, 6) is 0.324. The van der Waals surface area contributed by atoms with E-state index in [0.29, 0.717) is 43.2 Å². The third-order valence-corrected chi connectivity index (χ3v) is 6.13. The Hall–Kier alpha value is -2.44. The number of hydrogen-bond acceptors (Lipinski definition) is 4. The van der Waals surface area contributed by atoms with Crippen LogP contribution in [0.15, 0.2) is 76.6 Å². The SMILES string of the molecule is O=C1NC(=Nc2ccc(Cl)cc2)SC1=Cc1ccc(OCc2ccccc2Cl)c(Cl)c1. The van der Waals surface area contributed by atoms with Crippen molar-refractivity contribution in [2.24, 2.45) is 4.99 Å². The number of benzene rings is 3. The molecular formula is C23H15Cl3N2O2S. The number of rotatable bonds is 5. The van der Waals surface area contributed by atoms with Gasteiger partial charge in [-0.3, -0.25) is 4.79 Å². The number of ether oxygens (including phenoxy) is 1. The first kappa shape index (κ1) is 21.8. The Morgan fingerprint density at radius 2 is 1.74 bits per heavy atom. The minimum Gasteiger partial charge on any atom is -0.487 e. The summed E-state index contributed by atoms with van der Waals surface area (Å²) < 4.78 is 5.79. The molecule has 8 heteroatoms. The number of carbonyl (C=O) groups excluding carboxylic acids is 1. The maximum absolute atomic E-state index is 12.3. The van der Waals surface area contributed by atoms with Crippen LogP contribution in [0.3, 0.4) is 0 Å². The predicted octanol–water partition coefficient (Wildman–Crippen LogP) is 7.12. The molecule has 1 heterocycles. The standard InChI is InChI=1S/C23H15Cl3N2O2S/c24-16-6-8-17(9-7-16)27-23-28-22(29)21(31-23)12-14-5-10-20(19(26)11-14)30-13-15-3-1-2-4-18(15)25/h1-12H,13H2,(H,27,28,29). The first-order valence-electron chi connectivity index (χ1n) is 9.19. The van der Waals surface area contributed by atoms with Crippen LogP contribution in [-0.2, 0) is 11.4 Å². The van der Waals surface area contributed by atoms with E-state index >= 15 is 0 Å². The second kappa shape index (κ2) is 9.79. The maximum atomic E-state index is 12.3. The van der Waals surface area contributed by atoms with Crippen molar-refractivity contribution in [2.75, 3.05) is 0 Å². The van der Waals surface area contributed by atoms with Crippen molar-refractivity contribution < 1.29 is 9.53 Å². The second-order valence-electron chi connectivity index (χ2n) is 6.53. The molecule has 0 unspecified atom stereocenters. The molecule has 1 N–H and O–H groups in total. The summed E-state index contributed by atoms with van der Waals surface area (Å²) in [5.41, 5.74) is 2.36. The van der Waals surface area contributed by atoms with E-state index in [4.69, 9.17) is 39.5 Å². The van der Waals surface area contributed by atoms with Gasteiger partial charge in [-0.15, -0.1) is 0 Å². The normalized spacial score (nSPS) is 16.0. The van der Waals surface area contributed by atoms with Crippen LogP contribution in [0.4, 0.5) is 5.69 Å². The smallest absolute Gasteiger partial charge is 0.264 e. The van der Waals surface area contributed by atoms with E-state index in [2.05, 4.69) is 10.3 Å². The average Bonchev–Trinajstić information content (AvgIpc) is 3.09. The van der Waals surface area contributed by atoms with Gasteiger partial charge < -0.3 is 10.1 Å². The summed E-state index contributed by atoms with van der Waals surface area (Å²) in [6.45, 7) is 0.308. The van der Waals surface area contributed by atoms with Gasteiger partial charge >= 0.3 is 0 Å². The minimum absolute atomic E-state index is 0.215. The van der Waals surface area contributed by atoms with Crippen molar-refractivity contribution in [1.82, 2.24) is 5.32 Å². The number of carbonyl (C=O) groups is 1. The minimum atomic E-state index is -0.215. The van der Waals surface area contributed by atoms with Gasteiger partial charge in [0, 0.05) is 15.6 Å². The topological polar surface area (TPSA) is 50.7 Å². The lowest BCUT2D eigenvalue weighted by Crippen LogP contribution is -2.19. The lowest BCUT2D eigenvalue weighted by molar-refractivity contribution is -0.115. The number of amidine groups is 1. The van der Waals surface area contributed by atoms with Crippen molar-refractivity contribution in [1.29, 1.82) is 0 Å². The number of aliphatic imine (C=N–C) groups is 1. The highest BCUT2D eigenvalue weighted by atomic mass is 35.5. The fourth-order valence-electron chi connectivity index (χ4n) is 2.76. The van der Waals surface area contributed by atoms with Gasteiger partial charge in [-0.25, -0.2) is 4.99 Å². The van der Waals surface area contributed by atoms with E-state index in [1.54, 1.807) is 42.5 Å². The van der Waals surface area contributed by atoms with Gasteiger partial charge in [-0.05, 0) is 65.9 Å². The number of halogens is 3. The molecule has 0 aliphatic carbocycles. The molecule has 1 aliphatic heterocycles.